The fourth-order valence-electron chi connectivity index (χ4n) is 7.11. The lowest BCUT2D eigenvalue weighted by atomic mass is 9.78. The summed E-state index contributed by atoms with van der Waals surface area (Å²) in [6.45, 7) is 9.28. The first-order valence-electron chi connectivity index (χ1n) is 16.8. The molecule has 240 valence electrons. The number of nitrogens with zero attached hydrogens (tertiary/aromatic N) is 1. The van der Waals surface area contributed by atoms with E-state index in [-0.39, 0.29) is 18.1 Å². The zero-order valence-corrected chi connectivity index (χ0v) is 27.2. The van der Waals surface area contributed by atoms with Crippen LogP contribution in [0.25, 0.3) is 0 Å². The molecule has 0 spiro atoms. The van der Waals surface area contributed by atoms with E-state index in [1.807, 2.05) is 60.7 Å². The van der Waals surface area contributed by atoms with Crippen LogP contribution in [0.4, 0.5) is 11.4 Å². The molecular formula is C39H45N3O4. The zero-order chi connectivity index (χ0) is 32.1. The van der Waals surface area contributed by atoms with E-state index >= 15 is 0 Å². The van der Waals surface area contributed by atoms with Gasteiger partial charge in [-0.15, -0.1) is 0 Å². The predicted molar refractivity (Wildman–Crippen MR) is 183 cm³/mol. The Morgan fingerprint density at radius 3 is 2.26 bits per heavy atom. The van der Waals surface area contributed by atoms with Crippen LogP contribution in [0.2, 0.25) is 0 Å². The van der Waals surface area contributed by atoms with Gasteiger partial charge in [0.25, 0.3) is 5.91 Å². The third kappa shape index (κ3) is 6.26. The Bertz CT molecular complexity index is 1590. The van der Waals surface area contributed by atoms with Crippen LogP contribution in [0.5, 0.6) is 0 Å². The molecule has 3 atom stereocenters. The molecule has 1 amide bonds. The van der Waals surface area contributed by atoms with Crippen LogP contribution in [0.15, 0.2) is 96.1 Å². The number of piperidine rings is 1. The molecule has 7 nitrogen and oxygen atoms in total. The molecule has 0 radical (unpaired) electrons. The van der Waals surface area contributed by atoms with Crippen LogP contribution in [0, 0.1) is 0 Å². The number of hydrogen-bond acceptors (Lipinski definition) is 6. The van der Waals surface area contributed by atoms with Gasteiger partial charge in [-0.3, -0.25) is 9.69 Å². The van der Waals surface area contributed by atoms with Gasteiger partial charge in [0, 0.05) is 17.9 Å². The maximum Gasteiger partial charge on any atom is 0.337 e. The Balaban J connectivity index is 1.41. The average Bonchev–Trinajstić information content (AvgIpc) is 3.67. The fourth-order valence-corrected chi connectivity index (χ4v) is 7.11. The normalized spacial score (nSPS) is 21.3. The van der Waals surface area contributed by atoms with Gasteiger partial charge >= 0.3 is 5.97 Å². The molecule has 3 aliphatic heterocycles. The number of anilines is 2. The molecule has 1 fully saturated rings. The summed E-state index contributed by atoms with van der Waals surface area (Å²) in [6.07, 6.45) is 8.49. The third-order valence-electron chi connectivity index (χ3n) is 9.43. The van der Waals surface area contributed by atoms with Gasteiger partial charge in [-0.2, -0.15) is 0 Å². The summed E-state index contributed by atoms with van der Waals surface area (Å²) in [6, 6.07) is 24.0. The number of carbonyl (C=O) groups excluding carboxylic acids is 2. The molecule has 3 aromatic carbocycles. The summed E-state index contributed by atoms with van der Waals surface area (Å²) in [4.78, 5) is 30.7. The molecule has 3 aliphatic rings. The second-order valence-corrected chi connectivity index (χ2v) is 12.3. The number of esters is 1. The van der Waals surface area contributed by atoms with E-state index in [0.717, 1.165) is 60.5 Å². The smallest absolute Gasteiger partial charge is 0.337 e. The summed E-state index contributed by atoms with van der Waals surface area (Å²) in [7, 11) is 0. The minimum Gasteiger partial charge on any atom is -0.463 e. The highest BCUT2D eigenvalue weighted by Crippen LogP contribution is 2.51. The Kier molecular flexibility index (Phi) is 9.71. The van der Waals surface area contributed by atoms with E-state index in [1.54, 1.807) is 6.92 Å². The number of hydrogen-bond donors (Lipinski definition) is 2. The highest BCUT2D eigenvalue weighted by Gasteiger charge is 2.58. The van der Waals surface area contributed by atoms with Gasteiger partial charge in [-0.1, -0.05) is 87.0 Å². The number of amides is 1. The van der Waals surface area contributed by atoms with Crippen molar-refractivity contribution in [3.05, 3.63) is 118 Å². The molecule has 0 unspecified atom stereocenters. The van der Waals surface area contributed by atoms with Gasteiger partial charge in [0.2, 0.25) is 0 Å². The highest BCUT2D eigenvalue weighted by molar-refractivity contribution is 6.13. The molecule has 7 heteroatoms. The van der Waals surface area contributed by atoms with Crippen LogP contribution < -0.4 is 10.6 Å². The van der Waals surface area contributed by atoms with Crippen molar-refractivity contribution >= 4 is 23.3 Å². The molecule has 2 N–H and O–H groups in total. The van der Waals surface area contributed by atoms with E-state index in [4.69, 9.17) is 9.47 Å². The zero-order valence-electron chi connectivity index (χ0n) is 27.2. The number of aryl methyl sites for hydroxylation is 2. The minimum absolute atomic E-state index is 0.183. The molecule has 6 rings (SSSR count). The Hall–Kier alpha value is -4.20. The standard InChI is InChI=1S/C39H45N3O4/c1-4-28-14-13-15-29(5-2)35(28)41-37(43)33-32-22-23-39(46-32,34(33)38(44)45-6-3)36(40-31-16-9-7-10-17-31)30-20-18-27(19-21-30)26-42-24-11-8-12-25-42/h7,9-10,13-23,32,36,40H,4-6,8,11-12,24-26H2,1-3H3,(H,41,43)/t32-,36-,39+/m1/s1. The summed E-state index contributed by atoms with van der Waals surface area (Å²) in [5.41, 5.74) is 5.27. The molecule has 2 bridgehead atoms. The highest BCUT2D eigenvalue weighted by atomic mass is 16.5. The van der Waals surface area contributed by atoms with E-state index < -0.39 is 23.7 Å². The first kappa shape index (κ1) is 31.8. The molecule has 3 aromatic rings. The number of benzene rings is 3. The van der Waals surface area contributed by atoms with Gasteiger partial charge in [-0.05, 0) is 86.2 Å². The molecule has 3 heterocycles. The lowest BCUT2D eigenvalue weighted by molar-refractivity contribution is -0.140. The second kappa shape index (κ2) is 14.1. The summed E-state index contributed by atoms with van der Waals surface area (Å²) >= 11 is 0. The van der Waals surface area contributed by atoms with Crippen molar-refractivity contribution in [1.82, 2.24) is 4.90 Å². The van der Waals surface area contributed by atoms with Crippen LogP contribution in [-0.4, -0.2) is 48.2 Å². The van der Waals surface area contributed by atoms with Crippen molar-refractivity contribution in [2.45, 2.75) is 77.2 Å². The fraction of sp³-hybridized carbons (Fsp3) is 0.385. The van der Waals surface area contributed by atoms with Gasteiger partial charge in [0.05, 0.1) is 23.8 Å². The van der Waals surface area contributed by atoms with Gasteiger partial charge in [0.1, 0.15) is 11.7 Å². The first-order valence-corrected chi connectivity index (χ1v) is 16.8. The van der Waals surface area contributed by atoms with Crippen molar-refractivity contribution < 1.29 is 19.1 Å². The quantitative estimate of drug-likeness (QED) is 0.166. The SMILES string of the molecule is CCOC(=O)C1=C(C(=O)Nc2c(CC)cccc2CC)[C@H]2C=C[C@]1([C@H](Nc1ccccc1)c1ccc(CN3CCCCC3)cc1)O2. The Labute approximate surface area is 272 Å². The number of nitrogens with one attached hydrogen (secondary N) is 2. The van der Waals surface area contributed by atoms with Crippen molar-refractivity contribution in [1.29, 1.82) is 0 Å². The summed E-state index contributed by atoms with van der Waals surface area (Å²) < 4.78 is 12.4. The number of fused-ring (bicyclic) bond motifs is 2. The second-order valence-electron chi connectivity index (χ2n) is 12.3. The molecular weight excluding hydrogens is 574 g/mol. The molecule has 46 heavy (non-hydrogen) atoms. The average molecular weight is 620 g/mol. The number of carbonyl (C=O) groups is 2. The number of likely N-dealkylation sites (tertiary alicyclic amines) is 1. The Morgan fingerprint density at radius 1 is 0.913 bits per heavy atom. The topological polar surface area (TPSA) is 79.9 Å². The summed E-state index contributed by atoms with van der Waals surface area (Å²) in [5, 5.41) is 6.85. The number of para-hydroxylation sites is 2. The van der Waals surface area contributed by atoms with Crippen LogP contribution in [-0.2, 0) is 38.4 Å². The van der Waals surface area contributed by atoms with Crippen molar-refractivity contribution in [2.75, 3.05) is 30.3 Å². The number of ether oxygens (including phenoxy) is 2. The molecule has 0 aliphatic carbocycles. The van der Waals surface area contributed by atoms with Gasteiger partial charge in [0.15, 0.2) is 0 Å². The lowest BCUT2D eigenvalue weighted by Gasteiger charge is -2.36. The largest absolute Gasteiger partial charge is 0.463 e. The van der Waals surface area contributed by atoms with Crippen molar-refractivity contribution in [3.63, 3.8) is 0 Å². The maximum absolute atomic E-state index is 14.2. The lowest BCUT2D eigenvalue weighted by Crippen LogP contribution is -2.42. The van der Waals surface area contributed by atoms with Crippen molar-refractivity contribution in [2.24, 2.45) is 0 Å². The van der Waals surface area contributed by atoms with E-state index in [0.29, 0.717) is 5.57 Å². The predicted octanol–water partition coefficient (Wildman–Crippen LogP) is 7.16. The van der Waals surface area contributed by atoms with Gasteiger partial charge < -0.3 is 20.1 Å². The van der Waals surface area contributed by atoms with Crippen molar-refractivity contribution in [3.8, 4) is 0 Å². The van der Waals surface area contributed by atoms with Crippen LogP contribution in [0.1, 0.15) is 68.3 Å². The summed E-state index contributed by atoms with van der Waals surface area (Å²) in [5.74, 6) is -0.884. The molecule has 0 aromatic heterocycles. The molecule has 1 saturated heterocycles. The van der Waals surface area contributed by atoms with Crippen LogP contribution in [0.3, 0.4) is 0 Å². The third-order valence-corrected chi connectivity index (χ3v) is 9.43. The van der Waals surface area contributed by atoms with E-state index in [1.165, 1.54) is 24.8 Å². The first-order chi connectivity index (χ1) is 22.5. The monoisotopic (exact) mass is 619 g/mol. The van der Waals surface area contributed by atoms with Gasteiger partial charge in [-0.25, -0.2) is 4.79 Å². The maximum atomic E-state index is 14.2. The number of rotatable bonds is 12. The van der Waals surface area contributed by atoms with E-state index in [2.05, 4.69) is 53.6 Å². The molecule has 0 saturated carbocycles. The van der Waals surface area contributed by atoms with E-state index in [9.17, 15) is 9.59 Å². The van der Waals surface area contributed by atoms with Crippen LogP contribution >= 0.6 is 0 Å². The Morgan fingerprint density at radius 2 is 1.61 bits per heavy atom. The minimum atomic E-state index is -1.26.